The van der Waals surface area contributed by atoms with Gasteiger partial charge < -0.3 is 10.4 Å². The van der Waals surface area contributed by atoms with E-state index < -0.39 is 0 Å². The lowest BCUT2D eigenvalue weighted by Gasteiger charge is -2.02. The maximum Gasteiger partial charge on any atom is 0.264 e. The van der Waals surface area contributed by atoms with Crippen molar-refractivity contribution in [2.75, 3.05) is 0 Å². The van der Waals surface area contributed by atoms with Crippen LogP contribution in [0.25, 0.3) is 6.08 Å². The number of amidine groups is 1. The average molecular weight is 379 g/mol. The summed E-state index contributed by atoms with van der Waals surface area (Å²) >= 11 is 13.4. The molecule has 24 heavy (non-hydrogen) atoms. The third-order valence-electron chi connectivity index (χ3n) is 3.38. The van der Waals surface area contributed by atoms with E-state index in [1.807, 2.05) is 13.0 Å². The van der Waals surface area contributed by atoms with Crippen molar-refractivity contribution in [3.63, 3.8) is 0 Å². The molecule has 1 aliphatic heterocycles. The summed E-state index contributed by atoms with van der Waals surface area (Å²) in [5.74, 6) is -0.184. The maximum atomic E-state index is 12.1. The molecule has 2 aromatic carbocycles. The van der Waals surface area contributed by atoms with Crippen molar-refractivity contribution < 1.29 is 9.90 Å². The first-order valence-corrected chi connectivity index (χ1v) is 8.54. The molecule has 0 aliphatic carbocycles. The second-order valence-electron chi connectivity index (χ2n) is 5.07. The van der Waals surface area contributed by atoms with Crippen molar-refractivity contribution in [1.29, 1.82) is 0 Å². The molecular formula is C17H12Cl2N2O2S. The van der Waals surface area contributed by atoms with Crippen LogP contribution in [0.2, 0.25) is 10.0 Å². The average Bonchev–Trinajstić information content (AvgIpc) is 2.87. The number of carbonyl (C=O) groups is 1. The monoisotopic (exact) mass is 378 g/mol. The fourth-order valence-electron chi connectivity index (χ4n) is 2.09. The molecule has 1 heterocycles. The van der Waals surface area contributed by atoms with E-state index in [1.165, 1.54) is 23.9 Å². The number of thioether (sulfide) groups is 1. The van der Waals surface area contributed by atoms with Gasteiger partial charge in [-0.3, -0.25) is 4.79 Å². The van der Waals surface area contributed by atoms with Gasteiger partial charge in [-0.1, -0.05) is 29.3 Å². The van der Waals surface area contributed by atoms with E-state index in [0.29, 0.717) is 31.4 Å². The van der Waals surface area contributed by atoms with Crippen LogP contribution in [0.5, 0.6) is 5.75 Å². The molecule has 2 N–H and O–H groups in total. The van der Waals surface area contributed by atoms with E-state index in [-0.39, 0.29) is 11.7 Å². The standard InChI is InChI=1S/C17H12Cl2N2O2S/c1-9-12(18)3-2-4-14(9)20-17-21-16(23)15(24-17)8-10-7-11(22)5-6-13(10)19/h2-8,22H,1H3,(H,20,21,23)/b15-8+. The van der Waals surface area contributed by atoms with E-state index in [2.05, 4.69) is 10.3 Å². The Hall–Kier alpha value is -1.95. The Labute approximate surface area is 153 Å². The number of hydrogen-bond acceptors (Lipinski definition) is 4. The van der Waals surface area contributed by atoms with Crippen LogP contribution in [-0.2, 0) is 4.79 Å². The normalized spacial score (nSPS) is 17.5. The van der Waals surface area contributed by atoms with Gasteiger partial charge in [0.1, 0.15) is 5.75 Å². The van der Waals surface area contributed by atoms with Crippen molar-refractivity contribution in [3.8, 4) is 5.75 Å². The second-order valence-corrected chi connectivity index (χ2v) is 6.92. The van der Waals surface area contributed by atoms with Crippen molar-refractivity contribution in [2.24, 2.45) is 4.99 Å². The lowest BCUT2D eigenvalue weighted by Crippen LogP contribution is -2.19. The quantitative estimate of drug-likeness (QED) is 0.730. The highest BCUT2D eigenvalue weighted by Crippen LogP contribution is 2.32. The van der Waals surface area contributed by atoms with Crippen LogP contribution in [0.1, 0.15) is 11.1 Å². The summed E-state index contributed by atoms with van der Waals surface area (Å²) in [5.41, 5.74) is 2.10. The minimum atomic E-state index is -0.266. The molecule has 1 fully saturated rings. The van der Waals surface area contributed by atoms with E-state index in [0.717, 1.165) is 5.56 Å². The molecule has 0 spiro atoms. The lowest BCUT2D eigenvalue weighted by atomic mass is 10.2. The molecule has 1 aliphatic rings. The number of aliphatic imine (C=N–C) groups is 1. The molecule has 4 nitrogen and oxygen atoms in total. The Kier molecular flexibility index (Phi) is 4.85. The van der Waals surface area contributed by atoms with Crippen LogP contribution >= 0.6 is 35.0 Å². The van der Waals surface area contributed by atoms with Gasteiger partial charge in [0.05, 0.1) is 10.6 Å². The van der Waals surface area contributed by atoms with Crippen LogP contribution in [0.4, 0.5) is 5.69 Å². The zero-order chi connectivity index (χ0) is 17.3. The van der Waals surface area contributed by atoms with E-state index in [1.54, 1.807) is 24.3 Å². The minimum Gasteiger partial charge on any atom is -0.508 e. The minimum absolute atomic E-state index is 0.0816. The number of phenolic OH excluding ortho intramolecular Hbond substituents is 1. The maximum absolute atomic E-state index is 12.1. The molecule has 0 radical (unpaired) electrons. The topological polar surface area (TPSA) is 61.7 Å². The highest BCUT2D eigenvalue weighted by atomic mass is 35.5. The number of hydrogen-bond donors (Lipinski definition) is 2. The number of benzene rings is 2. The van der Waals surface area contributed by atoms with Gasteiger partial charge in [-0.2, -0.15) is 0 Å². The zero-order valence-electron chi connectivity index (χ0n) is 12.5. The second kappa shape index (κ2) is 6.89. The fraction of sp³-hybridized carbons (Fsp3) is 0.0588. The summed E-state index contributed by atoms with van der Waals surface area (Å²) in [6.07, 6.45) is 1.62. The van der Waals surface area contributed by atoms with Crippen molar-refractivity contribution in [1.82, 2.24) is 5.32 Å². The Morgan fingerprint density at radius 2 is 2.00 bits per heavy atom. The zero-order valence-corrected chi connectivity index (χ0v) is 14.8. The predicted molar refractivity (Wildman–Crippen MR) is 100 cm³/mol. The smallest absolute Gasteiger partial charge is 0.264 e. The summed E-state index contributed by atoms with van der Waals surface area (Å²) in [5, 5.41) is 13.8. The lowest BCUT2D eigenvalue weighted by molar-refractivity contribution is -0.115. The molecule has 0 saturated carbocycles. The van der Waals surface area contributed by atoms with Gasteiger partial charge in [0, 0.05) is 10.0 Å². The third kappa shape index (κ3) is 3.59. The van der Waals surface area contributed by atoms with Gasteiger partial charge in [-0.15, -0.1) is 0 Å². The largest absolute Gasteiger partial charge is 0.508 e. The summed E-state index contributed by atoms with van der Waals surface area (Å²) < 4.78 is 0. The summed E-state index contributed by atoms with van der Waals surface area (Å²) in [7, 11) is 0. The number of halogens is 2. The van der Waals surface area contributed by atoms with Crippen LogP contribution in [0.3, 0.4) is 0 Å². The summed E-state index contributed by atoms with van der Waals surface area (Å²) in [6.45, 7) is 1.87. The van der Waals surface area contributed by atoms with Gasteiger partial charge in [0.2, 0.25) is 0 Å². The van der Waals surface area contributed by atoms with Gasteiger partial charge >= 0.3 is 0 Å². The molecule has 1 amide bonds. The summed E-state index contributed by atoms with van der Waals surface area (Å²) in [6, 6.07) is 9.98. The van der Waals surface area contributed by atoms with Gasteiger partial charge in [-0.05, 0) is 66.2 Å². The Bertz CT molecular complexity index is 894. The van der Waals surface area contributed by atoms with Crippen molar-refractivity contribution >= 4 is 57.8 Å². The SMILES string of the molecule is Cc1c(Cl)cccc1N=C1NC(=O)/C(=C\c2cc(O)ccc2Cl)S1. The number of phenols is 1. The number of nitrogens with zero attached hydrogens (tertiary/aromatic N) is 1. The van der Waals surface area contributed by atoms with E-state index in [4.69, 9.17) is 23.2 Å². The molecular weight excluding hydrogens is 367 g/mol. The van der Waals surface area contributed by atoms with Crippen LogP contribution < -0.4 is 5.32 Å². The molecule has 0 unspecified atom stereocenters. The third-order valence-corrected chi connectivity index (χ3v) is 5.04. The predicted octanol–water partition coefficient (Wildman–Crippen LogP) is 4.90. The first-order chi connectivity index (χ1) is 11.4. The molecule has 2 aromatic rings. The van der Waals surface area contributed by atoms with Crippen LogP contribution in [0, 0.1) is 6.92 Å². The Balaban J connectivity index is 1.91. The molecule has 1 saturated heterocycles. The number of carbonyl (C=O) groups excluding carboxylic acids is 1. The first-order valence-electron chi connectivity index (χ1n) is 6.97. The van der Waals surface area contributed by atoms with E-state index >= 15 is 0 Å². The molecule has 0 bridgehead atoms. The van der Waals surface area contributed by atoms with E-state index in [9.17, 15) is 9.90 Å². The molecule has 0 atom stereocenters. The number of nitrogens with one attached hydrogen (secondary N) is 1. The molecule has 3 rings (SSSR count). The number of aromatic hydroxyl groups is 1. The fourth-order valence-corrected chi connectivity index (χ4v) is 3.26. The molecule has 0 aromatic heterocycles. The van der Waals surface area contributed by atoms with Gasteiger partial charge in [0.25, 0.3) is 5.91 Å². The number of amides is 1. The van der Waals surface area contributed by atoms with Crippen molar-refractivity contribution in [3.05, 3.63) is 62.5 Å². The molecule has 7 heteroatoms. The Morgan fingerprint density at radius 3 is 2.79 bits per heavy atom. The highest BCUT2D eigenvalue weighted by Gasteiger charge is 2.24. The van der Waals surface area contributed by atoms with Gasteiger partial charge in [-0.25, -0.2) is 4.99 Å². The Morgan fingerprint density at radius 1 is 1.21 bits per heavy atom. The first kappa shape index (κ1) is 16.9. The number of rotatable bonds is 2. The van der Waals surface area contributed by atoms with Gasteiger partial charge in [0.15, 0.2) is 5.17 Å². The van der Waals surface area contributed by atoms with Crippen LogP contribution in [-0.4, -0.2) is 16.2 Å². The van der Waals surface area contributed by atoms with Crippen molar-refractivity contribution in [2.45, 2.75) is 6.92 Å². The summed E-state index contributed by atoms with van der Waals surface area (Å²) in [4.78, 5) is 17.0. The molecule has 122 valence electrons. The van der Waals surface area contributed by atoms with Crippen LogP contribution in [0.15, 0.2) is 46.3 Å². The highest BCUT2D eigenvalue weighted by molar-refractivity contribution is 8.18.